The number of nitrogens with zero attached hydrogens (tertiary/aromatic N) is 1. The van der Waals surface area contributed by atoms with Gasteiger partial charge in [0.15, 0.2) is 5.78 Å². The molecule has 0 spiro atoms. The summed E-state index contributed by atoms with van der Waals surface area (Å²) in [6.07, 6.45) is 2.22. The molecule has 2 aromatic carbocycles. The second kappa shape index (κ2) is 5.59. The fourth-order valence-electron chi connectivity index (χ4n) is 3.73. The maximum atomic E-state index is 13.3. The topological polar surface area (TPSA) is 29.4 Å². The van der Waals surface area contributed by atoms with Crippen LogP contribution in [0.3, 0.4) is 0 Å². The first kappa shape index (κ1) is 15.6. The number of hydrogen-bond acceptors (Lipinski definition) is 3. The lowest BCUT2D eigenvalue weighted by atomic mass is 9.69. The van der Waals surface area contributed by atoms with Crippen LogP contribution in [0.15, 0.2) is 64.5 Å². The highest BCUT2D eigenvalue weighted by molar-refractivity contribution is 8.02. The molecule has 1 aliphatic heterocycles. The van der Waals surface area contributed by atoms with Crippen LogP contribution in [-0.4, -0.2) is 16.2 Å². The number of thioether (sulfide) groups is 1. The second-order valence-electron chi connectivity index (χ2n) is 7.56. The molecule has 0 radical (unpaired) electrons. The summed E-state index contributed by atoms with van der Waals surface area (Å²) >= 11 is 1.71. The Bertz CT molecular complexity index is 825. The van der Waals surface area contributed by atoms with Crippen LogP contribution in [-0.2, 0) is 11.2 Å². The van der Waals surface area contributed by atoms with E-state index in [-0.39, 0.29) is 5.41 Å². The summed E-state index contributed by atoms with van der Waals surface area (Å²) in [7, 11) is 0. The van der Waals surface area contributed by atoms with Gasteiger partial charge >= 0.3 is 0 Å². The van der Waals surface area contributed by atoms with Crippen molar-refractivity contribution in [3.05, 3.63) is 60.2 Å². The monoisotopic (exact) mass is 335 g/mol. The van der Waals surface area contributed by atoms with E-state index in [2.05, 4.69) is 32.0 Å². The van der Waals surface area contributed by atoms with Crippen LogP contribution < -0.4 is 0 Å². The summed E-state index contributed by atoms with van der Waals surface area (Å²) < 4.78 is -0.536. The highest BCUT2D eigenvalue weighted by atomic mass is 32.2. The Morgan fingerprint density at radius 1 is 1.00 bits per heavy atom. The number of carbonyl (C=O) groups is 1. The van der Waals surface area contributed by atoms with Crippen LogP contribution in [0.4, 0.5) is 5.69 Å². The fraction of sp³-hybridized carbons (Fsp3) is 0.333. The van der Waals surface area contributed by atoms with Gasteiger partial charge in [0.1, 0.15) is 4.75 Å². The van der Waals surface area contributed by atoms with E-state index < -0.39 is 4.75 Å². The van der Waals surface area contributed by atoms with Gasteiger partial charge in [-0.3, -0.25) is 9.79 Å². The van der Waals surface area contributed by atoms with Gasteiger partial charge in [-0.1, -0.05) is 56.3 Å². The summed E-state index contributed by atoms with van der Waals surface area (Å²) in [6.45, 7) is 4.34. The molecular weight excluding hydrogens is 314 g/mol. The molecule has 1 saturated carbocycles. The maximum Gasteiger partial charge on any atom is 0.155 e. The Hall–Kier alpha value is -1.87. The molecule has 1 fully saturated rings. The SMILES string of the molecule is CC1(C)CC(=O)C2(Cc3ccccc3)Sc3ccccc3N=C2C1. The predicted octanol–water partition coefficient (Wildman–Crippen LogP) is 5.24. The summed E-state index contributed by atoms with van der Waals surface area (Å²) in [5.74, 6) is 0.320. The van der Waals surface area contributed by atoms with Gasteiger partial charge in [0.25, 0.3) is 0 Å². The van der Waals surface area contributed by atoms with Gasteiger partial charge in [0.05, 0.1) is 5.69 Å². The minimum Gasteiger partial charge on any atom is -0.298 e. The van der Waals surface area contributed by atoms with E-state index in [9.17, 15) is 4.79 Å². The summed E-state index contributed by atoms with van der Waals surface area (Å²) in [6, 6.07) is 18.5. The molecular formula is C21H21NOS. The van der Waals surface area contributed by atoms with Crippen molar-refractivity contribution in [1.82, 2.24) is 0 Å². The Balaban J connectivity index is 1.84. The lowest BCUT2D eigenvalue weighted by Gasteiger charge is -2.45. The zero-order valence-electron chi connectivity index (χ0n) is 14.1. The van der Waals surface area contributed by atoms with Crippen LogP contribution in [0.25, 0.3) is 0 Å². The van der Waals surface area contributed by atoms with Gasteiger partial charge in [0, 0.05) is 17.0 Å². The molecule has 1 heterocycles. The van der Waals surface area contributed by atoms with E-state index in [1.54, 1.807) is 11.8 Å². The lowest BCUT2D eigenvalue weighted by molar-refractivity contribution is -0.122. The molecule has 1 atom stereocenters. The molecule has 2 nitrogen and oxygen atoms in total. The van der Waals surface area contributed by atoms with Crippen molar-refractivity contribution < 1.29 is 4.79 Å². The first-order valence-corrected chi connectivity index (χ1v) is 9.24. The number of benzene rings is 2. The van der Waals surface area contributed by atoms with Crippen LogP contribution in [0.5, 0.6) is 0 Å². The van der Waals surface area contributed by atoms with E-state index >= 15 is 0 Å². The molecule has 0 bridgehead atoms. The Labute approximate surface area is 147 Å². The van der Waals surface area contributed by atoms with Crippen molar-refractivity contribution in [2.45, 2.75) is 42.8 Å². The standard InChI is InChI=1S/C21H21NOS/c1-20(2)13-18-21(19(23)14-20,12-15-8-4-3-5-9-15)24-17-11-7-6-10-16(17)22-18/h3-11H,12-14H2,1-2H3. The van der Waals surface area contributed by atoms with Gasteiger partial charge in [-0.05, 0) is 36.0 Å². The highest BCUT2D eigenvalue weighted by Gasteiger charge is 2.52. The molecule has 3 heteroatoms. The molecule has 122 valence electrons. The van der Waals surface area contributed by atoms with E-state index in [1.807, 2.05) is 36.4 Å². The number of hydrogen-bond donors (Lipinski definition) is 0. The zero-order chi connectivity index (χ0) is 16.8. The minimum absolute atomic E-state index is 0.0110. The first-order chi connectivity index (χ1) is 11.5. The molecule has 1 aliphatic carbocycles. The van der Waals surface area contributed by atoms with Crippen molar-refractivity contribution in [2.24, 2.45) is 10.4 Å². The number of fused-ring (bicyclic) bond motifs is 2. The van der Waals surface area contributed by atoms with Gasteiger partial charge in [-0.2, -0.15) is 0 Å². The fourth-order valence-corrected chi connectivity index (χ4v) is 5.13. The number of carbonyl (C=O) groups excluding carboxylic acids is 1. The molecule has 0 N–H and O–H groups in total. The van der Waals surface area contributed by atoms with E-state index in [0.717, 1.165) is 29.1 Å². The quantitative estimate of drug-likeness (QED) is 0.751. The molecule has 2 aromatic rings. The molecule has 1 unspecified atom stereocenters. The molecule has 4 rings (SSSR count). The number of aliphatic imine (C=N–C) groups is 1. The minimum atomic E-state index is -0.536. The molecule has 0 saturated heterocycles. The van der Waals surface area contributed by atoms with E-state index in [0.29, 0.717) is 12.2 Å². The second-order valence-corrected chi connectivity index (χ2v) is 8.90. The highest BCUT2D eigenvalue weighted by Crippen LogP contribution is 2.52. The Morgan fingerprint density at radius 3 is 2.50 bits per heavy atom. The van der Waals surface area contributed by atoms with Crippen LogP contribution in [0.1, 0.15) is 32.3 Å². The Morgan fingerprint density at radius 2 is 1.71 bits per heavy atom. The normalized spacial score (nSPS) is 24.8. The van der Waals surface area contributed by atoms with Gasteiger partial charge < -0.3 is 0 Å². The smallest absolute Gasteiger partial charge is 0.155 e. The number of ketones is 1. The molecule has 2 aliphatic rings. The summed E-state index contributed by atoms with van der Waals surface area (Å²) in [4.78, 5) is 19.4. The van der Waals surface area contributed by atoms with Crippen LogP contribution >= 0.6 is 11.8 Å². The van der Waals surface area contributed by atoms with Crippen LogP contribution in [0.2, 0.25) is 0 Å². The van der Waals surface area contributed by atoms with Crippen LogP contribution in [0, 0.1) is 5.41 Å². The maximum absolute atomic E-state index is 13.3. The van der Waals surface area contributed by atoms with Crippen molar-refractivity contribution in [2.75, 3.05) is 0 Å². The van der Waals surface area contributed by atoms with E-state index in [4.69, 9.17) is 4.99 Å². The molecule has 0 amide bonds. The third kappa shape index (κ3) is 2.61. The van der Waals surface area contributed by atoms with Crippen molar-refractivity contribution in [3.63, 3.8) is 0 Å². The van der Waals surface area contributed by atoms with Gasteiger partial charge in [0.2, 0.25) is 0 Å². The summed E-state index contributed by atoms with van der Waals surface area (Å²) in [5, 5.41) is 0. The predicted molar refractivity (Wildman–Crippen MR) is 100 cm³/mol. The average Bonchev–Trinajstić information content (AvgIpc) is 2.54. The largest absolute Gasteiger partial charge is 0.298 e. The average molecular weight is 335 g/mol. The molecule has 0 aromatic heterocycles. The van der Waals surface area contributed by atoms with E-state index in [1.165, 1.54) is 5.56 Å². The van der Waals surface area contributed by atoms with Gasteiger partial charge in [-0.25, -0.2) is 0 Å². The zero-order valence-corrected chi connectivity index (χ0v) is 14.9. The number of rotatable bonds is 2. The first-order valence-electron chi connectivity index (χ1n) is 8.42. The van der Waals surface area contributed by atoms with Gasteiger partial charge in [-0.15, -0.1) is 11.8 Å². The molecule has 24 heavy (non-hydrogen) atoms. The third-order valence-electron chi connectivity index (χ3n) is 4.90. The Kier molecular flexibility index (Phi) is 3.65. The lowest BCUT2D eigenvalue weighted by Crippen LogP contribution is -2.53. The number of Topliss-reactive ketones (excluding diaryl/α,β-unsaturated/α-hetero) is 1. The van der Waals surface area contributed by atoms with Crippen molar-refractivity contribution in [1.29, 1.82) is 0 Å². The van der Waals surface area contributed by atoms with Crippen molar-refractivity contribution in [3.8, 4) is 0 Å². The van der Waals surface area contributed by atoms with Crippen molar-refractivity contribution >= 4 is 28.9 Å². The number of para-hydroxylation sites is 1. The summed E-state index contributed by atoms with van der Waals surface area (Å²) in [5.41, 5.74) is 3.25. The third-order valence-corrected chi connectivity index (χ3v) is 6.42.